The molecule has 5 heteroatoms. The van der Waals surface area contributed by atoms with Crippen LogP contribution in [0.1, 0.15) is 18.9 Å². The summed E-state index contributed by atoms with van der Waals surface area (Å²) >= 11 is 0. The average molecular weight is 291 g/mol. The Balaban J connectivity index is 2.44. The van der Waals surface area contributed by atoms with E-state index >= 15 is 0 Å². The molecule has 0 unspecified atom stereocenters. The third-order valence-electron chi connectivity index (χ3n) is 3.15. The molecule has 0 fully saturated rings. The van der Waals surface area contributed by atoms with E-state index in [2.05, 4.69) is 5.32 Å². The largest absolute Gasteiger partial charge is 0.348 e. The fraction of sp³-hybridized carbons (Fsp3) is 0.500. The number of nitrogens with zero attached hydrogens (tertiary/aromatic N) is 2. The van der Waals surface area contributed by atoms with Gasteiger partial charge >= 0.3 is 11.8 Å². The van der Waals surface area contributed by atoms with E-state index in [4.69, 9.17) is 0 Å². The van der Waals surface area contributed by atoms with E-state index in [9.17, 15) is 9.59 Å². The topological polar surface area (TPSA) is 52.7 Å². The Morgan fingerprint density at radius 1 is 1.14 bits per heavy atom. The molecule has 0 saturated carbocycles. The Hall–Kier alpha value is -1.88. The molecule has 0 aliphatic carbocycles. The van der Waals surface area contributed by atoms with Gasteiger partial charge in [-0.1, -0.05) is 30.3 Å². The lowest BCUT2D eigenvalue weighted by atomic mass is 10.2. The summed E-state index contributed by atoms with van der Waals surface area (Å²) in [7, 11) is 3.96. The van der Waals surface area contributed by atoms with Crippen LogP contribution in [-0.4, -0.2) is 55.3 Å². The molecule has 0 saturated heterocycles. The first-order valence-electron chi connectivity index (χ1n) is 7.30. The van der Waals surface area contributed by atoms with E-state index in [-0.39, 0.29) is 0 Å². The second-order valence-electron chi connectivity index (χ2n) is 5.22. The van der Waals surface area contributed by atoms with Crippen molar-refractivity contribution in [1.29, 1.82) is 0 Å². The van der Waals surface area contributed by atoms with Crippen molar-refractivity contribution in [3.63, 3.8) is 0 Å². The van der Waals surface area contributed by atoms with Crippen LogP contribution in [-0.2, 0) is 16.1 Å². The average Bonchev–Trinajstić information content (AvgIpc) is 2.49. The highest BCUT2D eigenvalue weighted by atomic mass is 16.2. The maximum absolute atomic E-state index is 12.1. The summed E-state index contributed by atoms with van der Waals surface area (Å²) in [6.07, 6.45) is 0.830. The van der Waals surface area contributed by atoms with Crippen molar-refractivity contribution in [2.75, 3.05) is 33.7 Å². The Morgan fingerprint density at radius 3 is 2.38 bits per heavy atom. The van der Waals surface area contributed by atoms with Crippen LogP contribution in [0.25, 0.3) is 0 Å². The standard InChI is InChI=1S/C16H25N3O2/c1-4-19(13-14-9-6-5-7-10-14)16(21)15(20)17-11-8-12-18(2)3/h5-7,9-10H,4,8,11-13H2,1-3H3,(H,17,20). The predicted octanol–water partition coefficient (Wildman–Crippen LogP) is 1.10. The zero-order valence-electron chi connectivity index (χ0n) is 13.1. The minimum atomic E-state index is -0.522. The van der Waals surface area contributed by atoms with Crippen molar-refractivity contribution in [3.8, 4) is 0 Å². The van der Waals surface area contributed by atoms with Crippen molar-refractivity contribution in [2.45, 2.75) is 19.9 Å². The first-order chi connectivity index (χ1) is 10.0. The molecule has 1 N–H and O–H groups in total. The number of nitrogens with one attached hydrogen (secondary N) is 1. The number of benzene rings is 1. The first kappa shape index (κ1) is 17.2. The van der Waals surface area contributed by atoms with Crippen LogP contribution in [0, 0.1) is 0 Å². The molecule has 0 bridgehead atoms. The quantitative estimate of drug-likeness (QED) is 0.605. The summed E-state index contributed by atoms with van der Waals surface area (Å²) in [6.45, 7) is 4.25. The normalized spacial score (nSPS) is 10.5. The van der Waals surface area contributed by atoms with Gasteiger partial charge in [0.15, 0.2) is 0 Å². The van der Waals surface area contributed by atoms with Crippen molar-refractivity contribution in [2.24, 2.45) is 0 Å². The van der Waals surface area contributed by atoms with Crippen LogP contribution in [0.15, 0.2) is 30.3 Å². The summed E-state index contributed by atoms with van der Waals surface area (Å²) in [4.78, 5) is 27.6. The first-order valence-corrected chi connectivity index (χ1v) is 7.30. The van der Waals surface area contributed by atoms with Crippen LogP contribution in [0.4, 0.5) is 0 Å². The van der Waals surface area contributed by atoms with E-state index in [0.717, 1.165) is 18.5 Å². The molecule has 2 amide bonds. The lowest BCUT2D eigenvalue weighted by molar-refractivity contribution is -0.146. The van der Waals surface area contributed by atoms with Crippen LogP contribution < -0.4 is 5.32 Å². The summed E-state index contributed by atoms with van der Waals surface area (Å²) in [6, 6.07) is 9.68. The molecular formula is C16H25N3O2. The van der Waals surface area contributed by atoms with Gasteiger partial charge in [-0.3, -0.25) is 9.59 Å². The van der Waals surface area contributed by atoms with Crippen LogP contribution in [0.3, 0.4) is 0 Å². The van der Waals surface area contributed by atoms with E-state index in [1.54, 1.807) is 4.90 Å². The fourth-order valence-corrected chi connectivity index (χ4v) is 1.95. The Bertz CT molecular complexity index is 446. The molecule has 0 spiro atoms. The molecule has 1 rings (SSSR count). The van der Waals surface area contributed by atoms with Gasteiger partial charge < -0.3 is 15.1 Å². The van der Waals surface area contributed by atoms with E-state index in [1.165, 1.54) is 0 Å². The lowest BCUT2D eigenvalue weighted by Crippen LogP contribution is -2.43. The maximum atomic E-state index is 12.1. The maximum Gasteiger partial charge on any atom is 0.312 e. The molecule has 0 radical (unpaired) electrons. The number of hydrogen-bond donors (Lipinski definition) is 1. The van der Waals surface area contributed by atoms with Gasteiger partial charge in [-0.2, -0.15) is 0 Å². The third kappa shape index (κ3) is 6.40. The summed E-state index contributed by atoms with van der Waals surface area (Å²) < 4.78 is 0. The Kier molecular flexibility index (Phi) is 7.46. The minimum Gasteiger partial charge on any atom is -0.348 e. The molecular weight excluding hydrogens is 266 g/mol. The van der Waals surface area contributed by atoms with E-state index in [1.807, 2.05) is 56.3 Å². The zero-order chi connectivity index (χ0) is 15.7. The third-order valence-corrected chi connectivity index (χ3v) is 3.15. The highest BCUT2D eigenvalue weighted by Crippen LogP contribution is 2.04. The number of carbonyl (C=O) groups is 2. The highest BCUT2D eigenvalue weighted by molar-refractivity contribution is 6.34. The molecule has 116 valence electrons. The lowest BCUT2D eigenvalue weighted by Gasteiger charge is -2.20. The van der Waals surface area contributed by atoms with Gasteiger partial charge in [0.2, 0.25) is 0 Å². The second-order valence-corrected chi connectivity index (χ2v) is 5.22. The van der Waals surface area contributed by atoms with Crippen molar-refractivity contribution in [1.82, 2.24) is 15.1 Å². The van der Waals surface area contributed by atoms with Gasteiger partial charge in [-0.15, -0.1) is 0 Å². The van der Waals surface area contributed by atoms with Gasteiger partial charge in [-0.05, 0) is 39.5 Å². The predicted molar refractivity (Wildman–Crippen MR) is 83.7 cm³/mol. The van der Waals surface area contributed by atoms with Crippen molar-refractivity contribution in [3.05, 3.63) is 35.9 Å². The van der Waals surface area contributed by atoms with Gasteiger partial charge in [0.1, 0.15) is 0 Å². The summed E-state index contributed by atoms with van der Waals surface area (Å²) in [5.74, 6) is -0.988. The molecule has 0 aromatic heterocycles. The minimum absolute atomic E-state index is 0.460. The van der Waals surface area contributed by atoms with Crippen LogP contribution in [0.2, 0.25) is 0 Å². The van der Waals surface area contributed by atoms with Crippen LogP contribution in [0.5, 0.6) is 0 Å². The number of rotatable bonds is 7. The number of likely N-dealkylation sites (N-methyl/N-ethyl adjacent to an activating group) is 1. The molecule has 1 aromatic carbocycles. The van der Waals surface area contributed by atoms with Gasteiger partial charge in [0, 0.05) is 19.6 Å². The molecule has 21 heavy (non-hydrogen) atoms. The second kappa shape index (κ2) is 9.13. The molecule has 0 heterocycles. The van der Waals surface area contributed by atoms with Crippen molar-refractivity contribution >= 4 is 11.8 Å². The van der Waals surface area contributed by atoms with E-state index in [0.29, 0.717) is 19.6 Å². The Labute approximate surface area is 126 Å². The number of amides is 2. The molecule has 1 aromatic rings. The molecule has 0 aliphatic rings. The fourth-order valence-electron chi connectivity index (χ4n) is 1.95. The van der Waals surface area contributed by atoms with Gasteiger partial charge in [-0.25, -0.2) is 0 Å². The number of carbonyl (C=O) groups excluding carboxylic acids is 2. The van der Waals surface area contributed by atoms with Crippen LogP contribution >= 0.6 is 0 Å². The van der Waals surface area contributed by atoms with Gasteiger partial charge in [0.25, 0.3) is 0 Å². The highest BCUT2D eigenvalue weighted by Gasteiger charge is 2.20. The molecule has 0 aliphatic heterocycles. The molecule has 5 nitrogen and oxygen atoms in total. The van der Waals surface area contributed by atoms with Gasteiger partial charge in [0.05, 0.1) is 0 Å². The zero-order valence-corrected chi connectivity index (χ0v) is 13.1. The monoisotopic (exact) mass is 291 g/mol. The summed E-state index contributed by atoms with van der Waals surface area (Å²) in [5.41, 5.74) is 1.02. The smallest absolute Gasteiger partial charge is 0.312 e. The summed E-state index contributed by atoms with van der Waals surface area (Å²) in [5, 5.41) is 2.68. The Morgan fingerprint density at radius 2 is 1.81 bits per heavy atom. The molecule has 0 atom stereocenters. The SMILES string of the molecule is CCN(Cc1ccccc1)C(=O)C(=O)NCCCN(C)C. The van der Waals surface area contributed by atoms with Crippen molar-refractivity contribution < 1.29 is 9.59 Å². The number of hydrogen-bond acceptors (Lipinski definition) is 3. The van der Waals surface area contributed by atoms with E-state index < -0.39 is 11.8 Å².